The number of hydrogen-bond donors (Lipinski definition) is 0. The molecule has 0 unspecified atom stereocenters. The molecule has 4 nitrogen and oxygen atoms in total. The number of aromatic nitrogens is 1. The van der Waals surface area contributed by atoms with Gasteiger partial charge in [-0.2, -0.15) is 22.0 Å². The molecule has 0 radical (unpaired) electrons. The van der Waals surface area contributed by atoms with Crippen LogP contribution in [0.2, 0.25) is 0 Å². The van der Waals surface area contributed by atoms with Crippen molar-refractivity contribution in [3.63, 3.8) is 0 Å². The van der Waals surface area contributed by atoms with Gasteiger partial charge in [0, 0.05) is 7.05 Å². The molecule has 0 spiro atoms. The minimum Gasteiger partial charge on any atom is -0.472 e. The standard InChI is InChI=1S/C11H10F5NO3/c1-6(18)7-3-4-8(17(2)9(7)19)20-5-10(12,13)11(14,15)16/h3-4H,5H2,1-2H3. The molecule has 0 aliphatic carbocycles. The number of carbonyl (C=O) groups is 1. The molecule has 1 aromatic rings. The van der Waals surface area contributed by atoms with Gasteiger partial charge >= 0.3 is 12.1 Å². The van der Waals surface area contributed by atoms with Gasteiger partial charge in [0.15, 0.2) is 18.3 Å². The number of pyridine rings is 1. The summed E-state index contributed by atoms with van der Waals surface area (Å²) in [5, 5.41) is 0. The number of ketones is 1. The first-order valence-corrected chi connectivity index (χ1v) is 5.25. The maximum absolute atomic E-state index is 12.7. The molecular formula is C11H10F5NO3. The lowest BCUT2D eigenvalue weighted by Gasteiger charge is -2.20. The number of rotatable bonds is 4. The SMILES string of the molecule is CC(=O)c1ccc(OCC(F)(F)C(F)(F)F)n(C)c1=O. The number of halogens is 5. The third-order valence-electron chi connectivity index (χ3n) is 2.45. The summed E-state index contributed by atoms with van der Waals surface area (Å²) < 4.78 is 66.2. The molecule has 0 bridgehead atoms. The molecule has 0 saturated heterocycles. The number of ether oxygens (including phenoxy) is 1. The van der Waals surface area contributed by atoms with Crippen molar-refractivity contribution in [3.05, 3.63) is 28.0 Å². The van der Waals surface area contributed by atoms with Crippen molar-refractivity contribution in [2.75, 3.05) is 6.61 Å². The van der Waals surface area contributed by atoms with Crippen LogP contribution in [0.15, 0.2) is 16.9 Å². The number of carbonyl (C=O) groups excluding carboxylic acids is 1. The van der Waals surface area contributed by atoms with Crippen LogP contribution >= 0.6 is 0 Å². The minimum atomic E-state index is -5.74. The molecule has 0 amide bonds. The van der Waals surface area contributed by atoms with E-state index in [9.17, 15) is 31.5 Å². The van der Waals surface area contributed by atoms with Crippen molar-refractivity contribution in [1.82, 2.24) is 4.57 Å². The van der Waals surface area contributed by atoms with E-state index in [0.717, 1.165) is 26.1 Å². The zero-order valence-corrected chi connectivity index (χ0v) is 10.4. The third-order valence-corrected chi connectivity index (χ3v) is 2.45. The van der Waals surface area contributed by atoms with Gasteiger partial charge in [-0.25, -0.2) is 0 Å². The Hall–Kier alpha value is -1.93. The number of nitrogens with zero attached hydrogens (tertiary/aromatic N) is 1. The fourth-order valence-electron chi connectivity index (χ4n) is 1.28. The summed E-state index contributed by atoms with van der Waals surface area (Å²) >= 11 is 0. The predicted molar refractivity (Wildman–Crippen MR) is 58.2 cm³/mol. The van der Waals surface area contributed by atoms with Crippen LogP contribution in [0.4, 0.5) is 22.0 Å². The topological polar surface area (TPSA) is 48.3 Å². The molecule has 9 heteroatoms. The highest BCUT2D eigenvalue weighted by Crippen LogP contribution is 2.35. The van der Waals surface area contributed by atoms with Crippen LogP contribution in [0.5, 0.6) is 5.88 Å². The van der Waals surface area contributed by atoms with Crippen LogP contribution in [-0.2, 0) is 7.05 Å². The summed E-state index contributed by atoms with van der Waals surface area (Å²) in [7, 11) is 1.09. The largest absolute Gasteiger partial charge is 0.472 e. The van der Waals surface area contributed by atoms with Gasteiger partial charge < -0.3 is 4.74 Å². The maximum atomic E-state index is 12.7. The van der Waals surface area contributed by atoms with Gasteiger partial charge in [0.25, 0.3) is 5.56 Å². The number of alkyl halides is 5. The van der Waals surface area contributed by atoms with Gasteiger partial charge in [-0.1, -0.05) is 0 Å². The van der Waals surface area contributed by atoms with Gasteiger partial charge in [0.1, 0.15) is 0 Å². The highest BCUT2D eigenvalue weighted by molar-refractivity contribution is 5.93. The van der Waals surface area contributed by atoms with Crippen molar-refractivity contribution in [2.24, 2.45) is 7.05 Å². The van der Waals surface area contributed by atoms with Crippen molar-refractivity contribution in [2.45, 2.75) is 19.0 Å². The Morgan fingerprint density at radius 2 is 1.80 bits per heavy atom. The maximum Gasteiger partial charge on any atom is 0.456 e. The van der Waals surface area contributed by atoms with Crippen molar-refractivity contribution in [3.8, 4) is 5.88 Å². The van der Waals surface area contributed by atoms with Gasteiger partial charge in [0.05, 0.1) is 5.56 Å². The molecule has 0 aromatic carbocycles. The fourth-order valence-corrected chi connectivity index (χ4v) is 1.28. The van der Waals surface area contributed by atoms with E-state index in [2.05, 4.69) is 4.74 Å². The second kappa shape index (κ2) is 5.22. The zero-order chi connectivity index (χ0) is 15.7. The molecule has 112 valence electrons. The summed E-state index contributed by atoms with van der Waals surface area (Å²) in [4.78, 5) is 22.7. The van der Waals surface area contributed by atoms with Gasteiger partial charge in [-0.15, -0.1) is 0 Å². The van der Waals surface area contributed by atoms with Crippen LogP contribution < -0.4 is 10.3 Å². The van der Waals surface area contributed by atoms with Gasteiger partial charge in [0.2, 0.25) is 0 Å². The van der Waals surface area contributed by atoms with Gasteiger partial charge in [-0.05, 0) is 19.1 Å². The van der Waals surface area contributed by atoms with E-state index in [0.29, 0.717) is 4.57 Å². The summed E-state index contributed by atoms with van der Waals surface area (Å²) in [5.41, 5.74) is -1.06. The van der Waals surface area contributed by atoms with Crippen LogP contribution in [0.25, 0.3) is 0 Å². The number of Topliss-reactive ketones (excluding diaryl/α,β-unsaturated/α-hetero) is 1. The van der Waals surface area contributed by atoms with Crippen molar-refractivity contribution in [1.29, 1.82) is 0 Å². The van der Waals surface area contributed by atoms with E-state index in [4.69, 9.17) is 0 Å². The molecule has 0 fully saturated rings. The minimum absolute atomic E-state index is 0.220. The summed E-state index contributed by atoms with van der Waals surface area (Å²) in [6.45, 7) is -0.835. The molecule has 0 aliphatic heterocycles. The molecule has 20 heavy (non-hydrogen) atoms. The van der Waals surface area contributed by atoms with E-state index < -0.39 is 35.9 Å². The third kappa shape index (κ3) is 3.14. The van der Waals surface area contributed by atoms with Crippen LogP contribution in [0.1, 0.15) is 17.3 Å². The first-order chi connectivity index (χ1) is 8.97. The molecule has 0 saturated carbocycles. The average molecular weight is 299 g/mol. The molecule has 1 rings (SSSR count). The van der Waals surface area contributed by atoms with Crippen LogP contribution in [-0.4, -0.2) is 29.1 Å². The Morgan fingerprint density at radius 3 is 2.25 bits per heavy atom. The number of hydrogen-bond acceptors (Lipinski definition) is 3. The summed E-state index contributed by atoms with van der Waals surface area (Å²) in [5.74, 6) is -6.09. The monoisotopic (exact) mass is 299 g/mol. The van der Waals surface area contributed by atoms with Crippen molar-refractivity contribution < 1.29 is 31.5 Å². The normalized spacial score (nSPS) is 12.3. The highest BCUT2D eigenvalue weighted by atomic mass is 19.4. The predicted octanol–water partition coefficient (Wildman–Crippen LogP) is 2.16. The quantitative estimate of drug-likeness (QED) is 0.632. The lowest BCUT2D eigenvalue weighted by molar-refractivity contribution is -0.290. The van der Waals surface area contributed by atoms with E-state index in [1.54, 1.807) is 0 Å². The van der Waals surface area contributed by atoms with E-state index in [-0.39, 0.29) is 5.56 Å². The smallest absolute Gasteiger partial charge is 0.456 e. The van der Waals surface area contributed by atoms with Crippen molar-refractivity contribution >= 4 is 5.78 Å². The second-order valence-corrected chi connectivity index (χ2v) is 4.00. The van der Waals surface area contributed by atoms with Crippen LogP contribution in [0, 0.1) is 0 Å². The molecule has 0 aliphatic rings. The first-order valence-electron chi connectivity index (χ1n) is 5.25. The average Bonchev–Trinajstić information content (AvgIpc) is 2.29. The molecule has 0 N–H and O–H groups in total. The Morgan fingerprint density at radius 1 is 1.25 bits per heavy atom. The molecule has 1 aromatic heterocycles. The van der Waals surface area contributed by atoms with Crippen LogP contribution in [0.3, 0.4) is 0 Å². The molecular weight excluding hydrogens is 289 g/mol. The first kappa shape index (κ1) is 16.1. The molecule has 1 heterocycles. The van der Waals surface area contributed by atoms with Gasteiger partial charge in [-0.3, -0.25) is 14.2 Å². The summed E-state index contributed by atoms with van der Waals surface area (Å²) in [6, 6.07) is 1.98. The highest BCUT2D eigenvalue weighted by Gasteiger charge is 2.58. The van der Waals surface area contributed by atoms with E-state index >= 15 is 0 Å². The lowest BCUT2D eigenvalue weighted by Crippen LogP contribution is -2.42. The second-order valence-electron chi connectivity index (χ2n) is 4.00. The Balaban J connectivity index is 2.99. The Bertz CT molecular complexity index is 576. The Kier molecular flexibility index (Phi) is 4.21. The lowest BCUT2D eigenvalue weighted by atomic mass is 10.2. The summed E-state index contributed by atoms with van der Waals surface area (Å²) in [6.07, 6.45) is -5.74. The molecule has 0 atom stereocenters. The fraction of sp³-hybridized carbons (Fsp3) is 0.455. The Labute approximate surface area is 109 Å². The van der Waals surface area contributed by atoms with E-state index in [1.165, 1.54) is 0 Å². The zero-order valence-electron chi connectivity index (χ0n) is 10.4. The van der Waals surface area contributed by atoms with E-state index in [1.807, 2.05) is 0 Å².